The summed E-state index contributed by atoms with van der Waals surface area (Å²) >= 11 is 0. The lowest BCUT2D eigenvalue weighted by atomic mass is 9.57. The van der Waals surface area contributed by atoms with Gasteiger partial charge in [0, 0.05) is 24.3 Å². The molecule has 45 heavy (non-hydrogen) atoms. The van der Waals surface area contributed by atoms with E-state index < -0.39 is 85.3 Å². The van der Waals surface area contributed by atoms with E-state index in [-0.39, 0.29) is 31.9 Å². The normalized spacial score (nSPS) is 24.8. The molecule has 2 saturated heterocycles. The second-order valence-electron chi connectivity index (χ2n) is 10.7. The molecule has 17 nitrogen and oxygen atoms in total. The van der Waals surface area contributed by atoms with Crippen molar-refractivity contribution < 1.29 is 69.5 Å². The van der Waals surface area contributed by atoms with Gasteiger partial charge in [-0.05, 0) is 29.1 Å². The van der Waals surface area contributed by atoms with Crippen LogP contribution >= 0.6 is 0 Å². The molecule has 3 aliphatic heterocycles. The Morgan fingerprint density at radius 3 is 2.16 bits per heavy atom. The van der Waals surface area contributed by atoms with E-state index in [0.29, 0.717) is 0 Å². The molecule has 1 atom stereocenters. The van der Waals surface area contributed by atoms with E-state index in [2.05, 4.69) is 5.32 Å². The molecule has 3 heterocycles. The Morgan fingerprint density at radius 2 is 1.56 bits per heavy atom. The van der Waals surface area contributed by atoms with Crippen molar-refractivity contribution in [3.63, 3.8) is 0 Å². The number of hydrogen-bond donors (Lipinski definition) is 11. The Labute approximate surface area is 254 Å². The van der Waals surface area contributed by atoms with E-state index in [1.54, 1.807) is 0 Å². The minimum absolute atomic E-state index is 0.118. The van der Waals surface area contributed by atoms with E-state index in [4.69, 9.17) is 20.4 Å². The van der Waals surface area contributed by atoms with E-state index in [9.17, 15) is 60.3 Å². The first kappa shape index (κ1) is 32.9. The zero-order valence-corrected chi connectivity index (χ0v) is 22.9. The summed E-state index contributed by atoms with van der Waals surface area (Å²) in [7, 11) is 12.3. The number of morpholine rings is 1. The summed E-state index contributed by atoms with van der Waals surface area (Å²) in [5.41, 5.74) is -7.44. The largest absolute Gasteiger partial charge is 0.392 e. The second-order valence-corrected chi connectivity index (χ2v) is 10.7. The zero-order chi connectivity index (χ0) is 33.5. The van der Waals surface area contributed by atoms with Crippen molar-refractivity contribution in [2.45, 2.75) is 34.5 Å². The van der Waals surface area contributed by atoms with Crippen LogP contribution in [0.5, 0.6) is 0 Å². The first-order chi connectivity index (χ1) is 20.6. The maximum absolute atomic E-state index is 15.4. The molecule has 4 radical (unpaired) electrons. The van der Waals surface area contributed by atoms with E-state index in [1.165, 1.54) is 10.2 Å². The van der Waals surface area contributed by atoms with Gasteiger partial charge in [-0.1, -0.05) is 18.2 Å². The van der Waals surface area contributed by atoms with Gasteiger partial charge in [-0.25, -0.2) is 14.2 Å². The van der Waals surface area contributed by atoms with Gasteiger partial charge in [0.15, 0.2) is 0 Å². The summed E-state index contributed by atoms with van der Waals surface area (Å²) in [5, 5.41) is 96.5. The average Bonchev–Trinajstić information content (AvgIpc) is 3.17. The fraction of sp³-hybridized carbons (Fsp3) is 0.400. The van der Waals surface area contributed by atoms with Crippen LogP contribution in [0.3, 0.4) is 0 Å². The molecule has 0 spiro atoms. The molecule has 0 saturated carbocycles. The fourth-order valence-corrected chi connectivity index (χ4v) is 5.44. The minimum atomic E-state index is -4.66. The van der Waals surface area contributed by atoms with Crippen molar-refractivity contribution in [2.24, 2.45) is 0 Å². The van der Waals surface area contributed by atoms with Gasteiger partial charge in [0.1, 0.15) is 5.82 Å². The molecular weight excluding hydrogens is 605 g/mol. The van der Waals surface area contributed by atoms with Crippen LogP contribution < -0.4 is 10.6 Å². The first-order valence-electron chi connectivity index (χ1n) is 13.0. The predicted octanol–water partition coefficient (Wildman–Crippen LogP) is -5.93. The number of anilines is 1. The lowest BCUT2D eigenvalue weighted by molar-refractivity contribution is -0.433. The van der Waals surface area contributed by atoms with Crippen molar-refractivity contribution in [1.82, 2.24) is 15.1 Å². The number of piperidine rings is 1. The molecule has 1 unspecified atom stereocenters. The summed E-state index contributed by atoms with van der Waals surface area (Å²) in [4.78, 5) is 38.4. The maximum atomic E-state index is 15.4. The van der Waals surface area contributed by atoms with Crippen molar-refractivity contribution in [2.75, 3.05) is 31.6 Å². The van der Waals surface area contributed by atoms with E-state index in [1.807, 2.05) is 0 Å². The monoisotopic (exact) mass is 630 g/mol. The maximum Gasteiger partial charge on any atom is 0.306 e. The topological polar surface area (TPSA) is 273 Å². The van der Waals surface area contributed by atoms with Gasteiger partial charge in [-0.15, -0.1) is 0 Å². The highest BCUT2D eigenvalue weighted by Crippen LogP contribution is 2.48. The lowest BCUT2D eigenvalue weighted by Gasteiger charge is -2.51. The van der Waals surface area contributed by atoms with Gasteiger partial charge in [-0.2, -0.15) is 0 Å². The number of amides is 3. The molecule has 0 bridgehead atoms. The van der Waals surface area contributed by atoms with E-state index >= 15 is 4.39 Å². The Bertz CT molecular complexity index is 1600. The number of nitrogens with zero attached hydrogens (tertiary/aromatic N) is 2. The van der Waals surface area contributed by atoms with Gasteiger partial charge in [-0.3, -0.25) is 19.7 Å². The van der Waals surface area contributed by atoms with Gasteiger partial charge in [0.25, 0.3) is 41.1 Å². The summed E-state index contributed by atoms with van der Waals surface area (Å²) in [5.74, 6) is -22.7. The standard InChI is InChI=1S/C25H25B2FN4O13/c26-22(27,13-5-4-11(10-14(13)28)23(39,40)31-6-8-45-9-7-31)30-15-3-1-2-12-16(15)24(41,42)32(17(12)33)20(36)18(34)29-19(35)21(37,38)25(20,43)44/h1-5,10,30,36-44H,6-9H2,(H,29,34,35). The van der Waals surface area contributed by atoms with E-state index in [0.717, 1.165) is 36.4 Å². The summed E-state index contributed by atoms with van der Waals surface area (Å²) in [6.07, 6.45) is 0. The SMILES string of the molecule is [B]C([B])(Nc1cccc2c1C(O)(O)N(C1(O)C(=O)NC(=O)C(O)(O)C1(O)O)C2=O)c1ccc(C(O)(O)N2CCOCC2)cc1F. The number of halogens is 1. The third-order valence-corrected chi connectivity index (χ3v) is 7.90. The van der Waals surface area contributed by atoms with Crippen molar-refractivity contribution in [3.05, 3.63) is 64.5 Å². The molecule has 0 aliphatic carbocycles. The molecule has 11 N–H and O–H groups in total. The summed E-state index contributed by atoms with van der Waals surface area (Å²) in [6.45, 7) is 0.623. The molecule has 2 aromatic rings. The number of carbonyl (C=O) groups excluding carboxylic acids is 3. The molecule has 2 fully saturated rings. The molecular formula is C25H25B2FN4O13. The molecule has 2 aromatic carbocycles. The molecule has 236 valence electrons. The number of carbonyl (C=O) groups is 3. The number of hydrogen-bond acceptors (Lipinski definition) is 15. The van der Waals surface area contributed by atoms with Crippen LogP contribution in [0.15, 0.2) is 36.4 Å². The number of benzene rings is 2. The third-order valence-electron chi connectivity index (χ3n) is 7.90. The molecule has 3 amide bonds. The molecule has 5 rings (SSSR count). The smallest absolute Gasteiger partial charge is 0.306 e. The minimum Gasteiger partial charge on any atom is -0.392 e. The van der Waals surface area contributed by atoms with Crippen LogP contribution in [-0.2, 0) is 31.5 Å². The highest BCUT2D eigenvalue weighted by Gasteiger charge is 2.79. The van der Waals surface area contributed by atoms with Gasteiger partial charge in [0.2, 0.25) is 0 Å². The van der Waals surface area contributed by atoms with Crippen LogP contribution in [0.25, 0.3) is 0 Å². The third kappa shape index (κ3) is 4.57. The number of nitrogens with one attached hydrogen (secondary N) is 2. The number of ether oxygens (including phenoxy) is 1. The van der Waals surface area contributed by atoms with Gasteiger partial charge < -0.3 is 56.0 Å². The number of imide groups is 1. The Hall–Kier alpha value is -3.53. The average molecular weight is 630 g/mol. The summed E-state index contributed by atoms with van der Waals surface area (Å²) < 4.78 is 20.6. The Balaban J connectivity index is 1.52. The van der Waals surface area contributed by atoms with Gasteiger partial charge >= 0.3 is 5.79 Å². The zero-order valence-electron chi connectivity index (χ0n) is 22.9. The van der Waals surface area contributed by atoms with Gasteiger partial charge in [0.05, 0.1) is 40.0 Å². The molecule has 20 heteroatoms. The number of fused-ring (bicyclic) bond motifs is 1. The second kappa shape index (κ2) is 10.2. The lowest BCUT2D eigenvalue weighted by Crippen LogP contribution is -2.87. The van der Waals surface area contributed by atoms with Crippen LogP contribution in [0.1, 0.15) is 27.0 Å². The van der Waals surface area contributed by atoms with Crippen LogP contribution in [0.4, 0.5) is 10.1 Å². The number of aliphatic hydroxyl groups is 9. The highest BCUT2D eigenvalue weighted by atomic mass is 19.1. The molecule has 3 aliphatic rings. The quantitative estimate of drug-likeness (QED) is 0.0806. The highest BCUT2D eigenvalue weighted by molar-refractivity contribution is 6.41. The summed E-state index contributed by atoms with van der Waals surface area (Å²) in [6, 6.07) is 5.88. The first-order valence-corrected chi connectivity index (χ1v) is 13.0. The number of rotatable bonds is 6. The fourth-order valence-electron chi connectivity index (χ4n) is 5.44. The van der Waals surface area contributed by atoms with Crippen LogP contribution in [0, 0.1) is 5.82 Å². The van der Waals surface area contributed by atoms with Crippen LogP contribution in [-0.4, -0.2) is 133 Å². The predicted molar refractivity (Wildman–Crippen MR) is 143 cm³/mol. The Kier molecular flexibility index (Phi) is 7.47. The van der Waals surface area contributed by atoms with Crippen molar-refractivity contribution >= 4 is 39.1 Å². The molecule has 0 aromatic heterocycles. The van der Waals surface area contributed by atoms with Crippen LogP contribution in [0.2, 0.25) is 0 Å². The van der Waals surface area contributed by atoms with Crippen molar-refractivity contribution in [1.29, 1.82) is 0 Å². The Morgan fingerprint density at radius 1 is 0.933 bits per heavy atom. The van der Waals surface area contributed by atoms with Crippen molar-refractivity contribution in [3.8, 4) is 0 Å².